The molecule has 2 aliphatic heterocycles. The van der Waals surface area contributed by atoms with Crippen LogP contribution in [0.4, 0.5) is 4.79 Å². The second-order valence-electron chi connectivity index (χ2n) is 8.73. The lowest BCUT2D eigenvalue weighted by Crippen LogP contribution is -2.46. The van der Waals surface area contributed by atoms with Crippen LogP contribution in [0, 0.1) is 0 Å². The number of imide groups is 1. The van der Waals surface area contributed by atoms with Gasteiger partial charge in [0.15, 0.2) is 0 Å². The summed E-state index contributed by atoms with van der Waals surface area (Å²) in [6.45, 7) is 9.90. The summed E-state index contributed by atoms with van der Waals surface area (Å²) in [5.74, 6) is -0.130. The van der Waals surface area contributed by atoms with Crippen molar-refractivity contribution >= 4 is 34.9 Å². The van der Waals surface area contributed by atoms with Crippen molar-refractivity contribution in [2.45, 2.75) is 32.4 Å². The highest BCUT2D eigenvalue weighted by Crippen LogP contribution is 2.33. The van der Waals surface area contributed by atoms with E-state index in [1.165, 1.54) is 14.7 Å². The summed E-state index contributed by atoms with van der Waals surface area (Å²) < 4.78 is 0. The fraction of sp³-hybridized carbons (Fsp3) is 0.478. The first-order chi connectivity index (χ1) is 14.8. The lowest BCUT2D eigenvalue weighted by Gasteiger charge is -2.34. The van der Waals surface area contributed by atoms with Gasteiger partial charge in [0.25, 0.3) is 5.91 Å². The van der Waals surface area contributed by atoms with Crippen LogP contribution >= 0.6 is 22.9 Å². The Morgan fingerprint density at radius 2 is 1.71 bits per heavy atom. The molecule has 8 heteroatoms. The molecule has 0 aliphatic carbocycles. The minimum absolute atomic E-state index is 0.130. The predicted molar refractivity (Wildman–Crippen MR) is 125 cm³/mol. The molecule has 1 N–H and O–H groups in total. The van der Waals surface area contributed by atoms with Crippen LogP contribution in [-0.4, -0.2) is 71.4 Å². The van der Waals surface area contributed by atoms with E-state index < -0.39 is 5.54 Å². The van der Waals surface area contributed by atoms with E-state index >= 15 is 0 Å². The van der Waals surface area contributed by atoms with Crippen LogP contribution in [0.15, 0.2) is 36.4 Å². The minimum atomic E-state index is -0.782. The molecule has 31 heavy (non-hydrogen) atoms. The number of benzene rings is 1. The number of nitrogens with one attached hydrogen (secondary N) is 1. The van der Waals surface area contributed by atoms with Gasteiger partial charge in [0.1, 0.15) is 5.54 Å². The molecule has 0 radical (unpaired) electrons. The van der Waals surface area contributed by atoms with Gasteiger partial charge >= 0.3 is 6.03 Å². The molecule has 0 bridgehead atoms. The van der Waals surface area contributed by atoms with Crippen LogP contribution in [-0.2, 0) is 11.3 Å². The smallest absolute Gasteiger partial charge is 0.324 e. The van der Waals surface area contributed by atoms with Crippen molar-refractivity contribution in [2.24, 2.45) is 0 Å². The summed E-state index contributed by atoms with van der Waals surface area (Å²) >= 11 is 8.14. The fourth-order valence-corrected chi connectivity index (χ4v) is 5.52. The molecule has 2 aromatic rings. The average Bonchev–Trinajstić information content (AvgIpc) is 3.27. The monoisotopic (exact) mass is 460 g/mol. The Kier molecular flexibility index (Phi) is 6.67. The Morgan fingerprint density at radius 1 is 1.00 bits per heavy atom. The molecule has 0 saturated carbocycles. The molecule has 0 spiro atoms. The third kappa shape index (κ3) is 5.12. The molecule has 0 atom stereocenters. The van der Waals surface area contributed by atoms with Crippen LogP contribution in [0.3, 0.4) is 0 Å². The first kappa shape index (κ1) is 22.3. The van der Waals surface area contributed by atoms with Crippen LogP contribution in [0.25, 0.3) is 10.4 Å². The van der Waals surface area contributed by atoms with E-state index in [0.717, 1.165) is 56.3 Å². The molecule has 3 heterocycles. The van der Waals surface area contributed by atoms with Gasteiger partial charge in [-0.1, -0.05) is 29.8 Å². The summed E-state index contributed by atoms with van der Waals surface area (Å²) in [4.78, 5) is 33.1. The highest BCUT2D eigenvalue weighted by atomic mass is 35.5. The van der Waals surface area contributed by atoms with Crippen LogP contribution in [0.1, 0.15) is 25.1 Å². The van der Waals surface area contributed by atoms with E-state index in [4.69, 9.17) is 11.6 Å². The second kappa shape index (κ2) is 9.28. The van der Waals surface area contributed by atoms with Gasteiger partial charge in [0.05, 0.1) is 0 Å². The van der Waals surface area contributed by atoms with Gasteiger partial charge in [-0.25, -0.2) is 4.79 Å². The zero-order valence-corrected chi connectivity index (χ0v) is 19.6. The van der Waals surface area contributed by atoms with E-state index in [2.05, 4.69) is 33.3 Å². The van der Waals surface area contributed by atoms with Gasteiger partial charge in [-0.3, -0.25) is 14.6 Å². The van der Waals surface area contributed by atoms with Crippen molar-refractivity contribution < 1.29 is 9.59 Å². The summed E-state index contributed by atoms with van der Waals surface area (Å²) in [5.41, 5.74) is 0.315. The molecule has 1 aromatic heterocycles. The van der Waals surface area contributed by atoms with Gasteiger partial charge in [-0.2, -0.15) is 0 Å². The number of halogens is 1. The summed E-state index contributed by atoms with van der Waals surface area (Å²) in [7, 11) is 0. The molecular formula is C23H29ClN4O2S. The van der Waals surface area contributed by atoms with Gasteiger partial charge < -0.3 is 10.2 Å². The third-order valence-electron chi connectivity index (χ3n) is 5.95. The molecule has 3 amide bonds. The maximum Gasteiger partial charge on any atom is 0.325 e. The van der Waals surface area contributed by atoms with Crippen molar-refractivity contribution in [3.63, 3.8) is 0 Å². The molecule has 4 rings (SSSR count). The molecule has 1 aromatic carbocycles. The molecule has 2 aliphatic rings. The topological polar surface area (TPSA) is 55.9 Å². The SMILES string of the molecule is CC1(C)NC(=O)N(CCCN2CCN(Cc3ccc(-c4ccccc4Cl)s3)CC2)C1=O. The minimum Gasteiger partial charge on any atom is -0.324 e. The zero-order valence-electron chi connectivity index (χ0n) is 18.1. The molecule has 2 fully saturated rings. The van der Waals surface area contributed by atoms with E-state index in [1.807, 2.05) is 29.5 Å². The first-order valence-corrected chi connectivity index (χ1v) is 12.0. The zero-order chi connectivity index (χ0) is 22.0. The van der Waals surface area contributed by atoms with Gasteiger partial charge in [0, 0.05) is 59.6 Å². The predicted octanol–water partition coefficient (Wildman–Crippen LogP) is 3.91. The highest BCUT2D eigenvalue weighted by molar-refractivity contribution is 7.15. The van der Waals surface area contributed by atoms with Crippen LogP contribution in [0.2, 0.25) is 5.02 Å². The van der Waals surface area contributed by atoms with Gasteiger partial charge in [-0.05, 0) is 45.0 Å². The molecule has 6 nitrogen and oxygen atoms in total. The summed E-state index contributed by atoms with van der Waals surface area (Å²) in [5, 5.41) is 3.53. The number of carbonyl (C=O) groups excluding carboxylic acids is 2. The van der Waals surface area contributed by atoms with Crippen molar-refractivity contribution in [1.82, 2.24) is 20.0 Å². The van der Waals surface area contributed by atoms with E-state index in [0.29, 0.717) is 6.54 Å². The lowest BCUT2D eigenvalue weighted by molar-refractivity contribution is -0.130. The fourth-order valence-electron chi connectivity index (χ4n) is 4.13. The van der Waals surface area contributed by atoms with Gasteiger partial charge in [-0.15, -0.1) is 11.3 Å². The second-order valence-corrected chi connectivity index (χ2v) is 10.3. The van der Waals surface area contributed by atoms with Crippen LogP contribution < -0.4 is 5.32 Å². The van der Waals surface area contributed by atoms with Crippen molar-refractivity contribution in [1.29, 1.82) is 0 Å². The van der Waals surface area contributed by atoms with Crippen molar-refractivity contribution in [2.75, 3.05) is 39.3 Å². The number of hydrogen-bond donors (Lipinski definition) is 1. The number of nitrogens with zero attached hydrogens (tertiary/aromatic N) is 3. The summed E-state index contributed by atoms with van der Waals surface area (Å²) in [6.07, 6.45) is 0.807. The Labute approximate surface area is 192 Å². The molecule has 2 saturated heterocycles. The van der Waals surface area contributed by atoms with E-state index in [-0.39, 0.29) is 11.9 Å². The number of carbonyl (C=O) groups is 2. The number of amides is 3. The van der Waals surface area contributed by atoms with Crippen LogP contribution in [0.5, 0.6) is 0 Å². The number of urea groups is 1. The maximum absolute atomic E-state index is 12.3. The Bertz CT molecular complexity index is 953. The van der Waals surface area contributed by atoms with Crippen molar-refractivity contribution in [3.05, 3.63) is 46.3 Å². The largest absolute Gasteiger partial charge is 0.325 e. The first-order valence-electron chi connectivity index (χ1n) is 10.8. The Morgan fingerprint density at radius 3 is 2.39 bits per heavy atom. The number of hydrogen-bond acceptors (Lipinski definition) is 5. The number of thiophene rings is 1. The van der Waals surface area contributed by atoms with E-state index in [1.54, 1.807) is 13.8 Å². The quantitative estimate of drug-likeness (QED) is 0.636. The maximum atomic E-state index is 12.3. The summed E-state index contributed by atoms with van der Waals surface area (Å²) in [6, 6.07) is 12.1. The Balaban J connectivity index is 1.21. The highest BCUT2D eigenvalue weighted by Gasteiger charge is 2.43. The standard InChI is InChI=1S/C23H29ClN4O2S/c1-23(2)21(29)28(22(30)25-23)11-5-10-26-12-14-27(15-13-26)16-17-8-9-20(31-17)18-6-3-4-7-19(18)24/h3-4,6-9H,5,10-16H2,1-2H3,(H,25,30). The molecular weight excluding hydrogens is 432 g/mol. The number of piperazine rings is 1. The van der Waals surface area contributed by atoms with Crippen molar-refractivity contribution in [3.8, 4) is 10.4 Å². The normalized spacial score (nSPS) is 19.8. The molecule has 0 unspecified atom stereocenters. The Hall–Kier alpha value is -1.93. The van der Waals surface area contributed by atoms with E-state index in [9.17, 15) is 9.59 Å². The lowest BCUT2D eigenvalue weighted by atomic mass is 10.1. The molecule has 166 valence electrons. The number of rotatable bonds is 7. The van der Waals surface area contributed by atoms with Gasteiger partial charge in [0.2, 0.25) is 0 Å². The average molecular weight is 461 g/mol. The third-order valence-corrected chi connectivity index (χ3v) is 7.38.